The molecule has 3 N–H and O–H groups in total. The first-order chi connectivity index (χ1) is 18.0. The van der Waals surface area contributed by atoms with E-state index in [0.717, 1.165) is 11.3 Å². The molecule has 1 aliphatic heterocycles. The number of nitrogens with zero attached hydrogens (tertiary/aromatic N) is 1. The quantitative estimate of drug-likeness (QED) is 0.183. The molecule has 1 aromatic carbocycles. The average Bonchev–Trinajstić information content (AvgIpc) is 2.89. The number of thiocarbonyl (C=S) groups is 1. The zero-order chi connectivity index (χ0) is 26.6. The predicted molar refractivity (Wildman–Crippen MR) is 150 cm³/mol. The minimum atomic E-state index is -0.271. The molecule has 2 aromatic rings. The van der Waals surface area contributed by atoms with Crippen molar-refractivity contribution in [2.45, 2.75) is 13.0 Å². The summed E-state index contributed by atoms with van der Waals surface area (Å²) in [6.07, 6.45) is 7.51. The van der Waals surface area contributed by atoms with Crippen LogP contribution in [0.3, 0.4) is 0 Å². The molecule has 0 fully saturated rings. The molecular formula is C27H31ClN4O4S. The number of benzene rings is 1. The molecule has 0 bridgehead atoms. The van der Waals surface area contributed by atoms with E-state index in [1.54, 1.807) is 36.7 Å². The normalized spacial score (nSPS) is 15.0. The first kappa shape index (κ1) is 28.2. The number of carbonyl (C=O) groups excluding carboxylic acids is 1. The van der Waals surface area contributed by atoms with Gasteiger partial charge in [-0.3, -0.25) is 9.78 Å². The number of halogens is 1. The summed E-state index contributed by atoms with van der Waals surface area (Å²) in [6.45, 7) is 9.62. The van der Waals surface area contributed by atoms with E-state index in [2.05, 4.69) is 34.1 Å². The number of ether oxygens (including phenoxy) is 3. The van der Waals surface area contributed by atoms with Gasteiger partial charge in [-0.25, -0.2) is 0 Å². The number of allylic oxidation sites excluding steroid dienone is 1. The molecule has 1 amide bonds. The Morgan fingerprint density at radius 2 is 2.14 bits per heavy atom. The van der Waals surface area contributed by atoms with Crippen molar-refractivity contribution < 1.29 is 19.0 Å². The molecule has 1 aliphatic rings. The minimum Gasteiger partial charge on any atom is -0.493 e. The van der Waals surface area contributed by atoms with E-state index < -0.39 is 0 Å². The summed E-state index contributed by atoms with van der Waals surface area (Å²) >= 11 is 12.0. The van der Waals surface area contributed by atoms with Crippen LogP contribution in [-0.2, 0) is 16.1 Å². The Labute approximate surface area is 227 Å². The highest BCUT2D eigenvalue weighted by Gasteiger charge is 2.30. The van der Waals surface area contributed by atoms with Crippen LogP contribution in [-0.4, -0.2) is 49.4 Å². The Hall–Kier alpha value is -3.40. The third-order valence-corrected chi connectivity index (χ3v) is 6.18. The summed E-state index contributed by atoms with van der Waals surface area (Å²) in [5, 5.41) is 9.94. The highest BCUT2D eigenvalue weighted by atomic mass is 35.5. The number of carbonyl (C=O) groups is 1. The summed E-state index contributed by atoms with van der Waals surface area (Å²) in [4.78, 5) is 17.5. The van der Waals surface area contributed by atoms with Gasteiger partial charge in [-0.2, -0.15) is 0 Å². The lowest BCUT2D eigenvalue weighted by Gasteiger charge is -2.30. The van der Waals surface area contributed by atoms with Gasteiger partial charge >= 0.3 is 0 Å². The molecule has 0 saturated carbocycles. The number of pyridine rings is 1. The summed E-state index contributed by atoms with van der Waals surface area (Å²) in [7, 11) is 1.52. The van der Waals surface area contributed by atoms with Crippen LogP contribution in [0, 0.1) is 5.92 Å². The van der Waals surface area contributed by atoms with Crippen molar-refractivity contribution in [2.75, 3.05) is 38.8 Å². The molecule has 0 saturated heterocycles. The van der Waals surface area contributed by atoms with E-state index in [-0.39, 0.29) is 16.8 Å². The second kappa shape index (κ2) is 14.4. The first-order valence-electron chi connectivity index (χ1n) is 11.7. The van der Waals surface area contributed by atoms with Gasteiger partial charge in [0.05, 0.1) is 42.8 Å². The lowest BCUT2D eigenvalue weighted by molar-refractivity contribution is -0.117. The molecule has 8 nitrogen and oxygen atoms in total. The van der Waals surface area contributed by atoms with Crippen molar-refractivity contribution in [3.63, 3.8) is 0 Å². The maximum Gasteiger partial charge on any atom is 0.256 e. The number of methoxy groups -OCH3 is 1. The number of aromatic nitrogens is 1. The van der Waals surface area contributed by atoms with Gasteiger partial charge in [0.2, 0.25) is 0 Å². The predicted octanol–water partition coefficient (Wildman–Crippen LogP) is 4.43. The highest BCUT2D eigenvalue weighted by molar-refractivity contribution is 7.81. The number of rotatable bonds is 14. The van der Waals surface area contributed by atoms with Gasteiger partial charge in [-0.05, 0) is 24.6 Å². The molecule has 1 aromatic heterocycles. The van der Waals surface area contributed by atoms with Crippen molar-refractivity contribution in [3.8, 4) is 11.5 Å². The molecule has 3 rings (SSSR count). The smallest absolute Gasteiger partial charge is 0.256 e. The third-order valence-electron chi connectivity index (χ3n) is 5.57. The molecule has 0 aliphatic carbocycles. The van der Waals surface area contributed by atoms with Crippen molar-refractivity contribution in [3.05, 3.63) is 83.8 Å². The number of para-hydroxylation sites is 1. The molecule has 10 heteroatoms. The molecule has 0 spiro atoms. The van der Waals surface area contributed by atoms with Crippen molar-refractivity contribution in [2.24, 2.45) is 5.92 Å². The van der Waals surface area contributed by atoms with E-state index in [1.165, 1.54) is 7.11 Å². The first-order valence-corrected chi connectivity index (χ1v) is 12.5. The number of amides is 1. The van der Waals surface area contributed by atoms with Gasteiger partial charge in [0.1, 0.15) is 17.3 Å². The number of hydrogen-bond acceptors (Lipinski definition) is 7. The Morgan fingerprint density at radius 3 is 2.89 bits per heavy atom. The molecule has 196 valence electrons. The van der Waals surface area contributed by atoms with Gasteiger partial charge in [-0.15, -0.1) is 13.2 Å². The zero-order valence-corrected chi connectivity index (χ0v) is 22.3. The second-order valence-corrected chi connectivity index (χ2v) is 8.86. The van der Waals surface area contributed by atoms with Crippen LogP contribution < -0.4 is 25.4 Å². The second-order valence-electron chi connectivity index (χ2n) is 8.04. The largest absolute Gasteiger partial charge is 0.493 e. The van der Waals surface area contributed by atoms with E-state index in [0.29, 0.717) is 67.1 Å². The van der Waals surface area contributed by atoms with Crippen molar-refractivity contribution in [1.29, 1.82) is 0 Å². The monoisotopic (exact) mass is 542 g/mol. The lowest BCUT2D eigenvalue weighted by atomic mass is 9.92. The van der Waals surface area contributed by atoms with Crippen LogP contribution in [0.4, 0.5) is 5.69 Å². The molecule has 2 heterocycles. The Bertz CT molecular complexity index is 1170. The number of nitrogens with one attached hydrogen (secondary N) is 3. The summed E-state index contributed by atoms with van der Waals surface area (Å²) in [6, 6.07) is 7.14. The molecule has 1 atom stereocenters. The molecule has 1 unspecified atom stereocenters. The number of anilines is 1. The lowest BCUT2D eigenvalue weighted by Crippen LogP contribution is -2.44. The zero-order valence-electron chi connectivity index (χ0n) is 20.7. The van der Waals surface area contributed by atoms with Crippen LogP contribution in [0.1, 0.15) is 12.0 Å². The fraction of sp³-hybridized carbons (Fsp3) is 0.296. The fourth-order valence-electron chi connectivity index (χ4n) is 3.85. The average molecular weight is 543 g/mol. The van der Waals surface area contributed by atoms with Gasteiger partial charge in [-0.1, -0.05) is 42.0 Å². The summed E-state index contributed by atoms with van der Waals surface area (Å²) in [5.74, 6) is 0.761. The maximum atomic E-state index is 13.0. The summed E-state index contributed by atoms with van der Waals surface area (Å²) < 4.78 is 16.7. The minimum absolute atomic E-state index is 0.0373. The molecule has 37 heavy (non-hydrogen) atoms. The van der Waals surface area contributed by atoms with Crippen LogP contribution >= 0.6 is 23.8 Å². The third kappa shape index (κ3) is 7.55. The van der Waals surface area contributed by atoms with E-state index >= 15 is 0 Å². The highest BCUT2D eigenvalue weighted by Crippen LogP contribution is 2.33. The van der Waals surface area contributed by atoms with Gasteiger partial charge in [0.15, 0.2) is 5.75 Å². The van der Waals surface area contributed by atoms with E-state index in [9.17, 15) is 4.79 Å². The Balaban J connectivity index is 1.85. The van der Waals surface area contributed by atoms with Crippen molar-refractivity contribution in [1.82, 2.24) is 15.6 Å². The van der Waals surface area contributed by atoms with E-state index in [1.807, 2.05) is 12.1 Å². The van der Waals surface area contributed by atoms with Gasteiger partial charge < -0.3 is 30.2 Å². The van der Waals surface area contributed by atoms with Crippen molar-refractivity contribution >= 4 is 40.4 Å². The SMILES string of the molecule is C=CCOCCOc1cnccc1CNC1=C(C(=S)Nc2cccc(Cl)c2OC)C(=O)NCC1CC=C. The van der Waals surface area contributed by atoms with Crippen LogP contribution in [0.15, 0.2) is 73.2 Å². The summed E-state index contributed by atoms with van der Waals surface area (Å²) in [5.41, 5.74) is 2.52. The fourth-order valence-corrected chi connectivity index (χ4v) is 4.41. The van der Waals surface area contributed by atoms with Crippen LogP contribution in [0.25, 0.3) is 0 Å². The topological polar surface area (TPSA) is 93.7 Å². The standard InChI is InChI=1S/C27H31ClN4O4S/c1-4-7-19-16-31-26(33)23(27(37)32-21-9-6-8-20(28)25(21)34-3)24(19)30-15-18-10-11-29-17-22(18)36-14-13-35-12-5-2/h4-6,8-11,17,19,30H,1-2,7,12-16H2,3H3,(H,31,33)(H,32,37). The van der Waals surface area contributed by atoms with E-state index in [4.69, 9.17) is 38.0 Å². The van der Waals surface area contributed by atoms with Gasteiger partial charge in [0.25, 0.3) is 5.91 Å². The Morgan fingerprint density at radius 1 is 1.30 bits per heavy atom. The van der Waals surface area contributed by atoms with Crippen LogP contribution in [0.2, 0.25) is 5.02 Å². The van der Waals surface area contributed by atoms with Gasteiger partial charge in [0, 0.05) is 36.5 Å². The maximum absolute atomic E-state index is 13.0. The molecule has 0 radical (unpaired) electrons. The van der Waals surface area contributed by atoms with Crippen LogP contribution in [0.5, 0.6) is 11.5 Å². The number of hydrogen-bond donors (Lipinski definition) is 3. The molecular weight excluding hydrogens is 512 g/mol. The Kier molecular flexibility index (Phi) is 10.9.